The van der Waals surface area contributed by atoms with Crippen LogP contribution in [0.25, 0.3) is 0 Å². The van der Waals surface area contributed by atoms with Gasteiger partial charge in [-0.3, -0.25) is 0 Å². The maximum Gasteiger partial charge on any atom is 0.222 e. The van der Waals surface area contributed by atoms with Gasteiger partial charge in [0.1, 0.15) is 0 Å². The molecule has 1 aromatic rings. The van der Waals surface area contributed by atoms with Crippen molar-refractivity contribution in [2.24, 2.45) is 0 Å². The fourth-order valence-corrected chi connectivity index (χ4v) is 0.773. The van der Waals surface area contributed by atoms with E-state index < -0.39 is 0 Å². The highest BCUT2D eigenvalue weighted by atomic mass is 16.3. The van der Waals surface area contributed by atoms with Crippen molar-refractivity contribution >= 4 is 5.95 Å². The lowest BCUT2D eigenvalue weighted by atomic mass is 10.4. The van der Waals surface area contributed by atoms with E-state index in [1.807, 2.05) is 13.0 Å². The maximum atomic E-state index is 8.96. The molecule has 12 heavy (non-hydrogen) atoms. The van der Waals surface area contributed by atoms with Gasteiger partial charge in [-0.25, -0.2) is 9.97 Å². The Balaban J connectivity index is 2.52. The van der Waals surface area contributed by atoms with Gasteiger partial charge in [0.25, 0.3) is 0 Å². The molecule has 0 aliphatic rings. The average Bonchev–Trinajstić information content (AvgIpc) is 2.01. The van der Waals surface area contributed by atoms with Gasteiger partial charge in [0, 0.05) is 18.4 Å². The average molecular weight is 167 g/mol. The molecule has 2 N–H and O–H groups in total. The van der Waals surface area contributed by atoms with Crippen molar-refractivity contribution in [3.8, 4) is 0 Å². The van der Waals surface area contributed by atoms with E-state index in [2.05, 4.69) is 15.3 Å². The van der Waals surface area contributed by atoms with Crippen molar-refractivity contribution in [1.29, 1.82) is 0 Å². The molecule has 0 saturated carbocycles. The van der Waals surface area contributed by atoms with E-state index in [0.717, 1.165) is 5.69 Å². The summed E-state index contributed by atoms with van der Waals surface area (Å²) < 4.78 is 0. The summed E-state index contributed by atoms with van der Waals surface area (Å²) in [5.41, 5.74) is 0.915. The first-order valence-electron chi connectivity index (χ1n) is 3.90. The summed E-state index contributed by atoms with van der Waals surface area (Å²) >= 11 is 0. The summed E-state index contributed by atoms with van der Waals surface area (Å²) in [5, 5.41) is 11.9. The van der Waals surface area contributed by atoms with E-state index in [0.29, 0.717) is 12.5 Å². The van der Waals surface area contributed by atoms with Gasteiger partial charge < -0.3 is 10.4 Å². The van der Waals surface area contributed by atoms with Crippen LogP contribution in [0.4, 0.5) is 5.95 Å². The number of anilines is 1. The van der Waals surface area contributed by atoms with E-state index in [1.165, 1.54) is 0 Å². The first kappa shape index (κ1) is 8.93. The Labute approximate surface area is 71.7 Å². The maximum absolute atomic E-state index is 8.96. The van der Waals surface area contributed by atoms with Crippen LogP contribution in [-0.2, 0) is 0 Å². The number of aryl methyl sites for hydroxylation is 1. The van der Waals surface area contributed by atoms with Gasteiger partial charge in [-0.1, -0.05) is 0 Å². The SMILES string of the molecule is Cc1ccnc(NC[C@@H](C)O)n1. The molecule has 66 valence electrons. The number of nitrogens with zero attached hydrogens (tertiary/aromatic N) is 2. The summed E-state index contributed by atoms with van der Waals surface area (Å²) in [7, 11) is 0. The lowest BCUT2D eigenvalue weighted by Crippen LogP contribution is -2.16. The topological polar surface area (TPSA) is 58.0 Å². The summed E-state index contributed by atoms with van der Waals surface area (Å²) in [6.45, 7) is 4.08. The van der Waals surface area contributed by atoms with Crippen molar-refractivity contribution in [2.45, 2.75) is 20.0 Å². The highest BCUT2D eigenvalue weighted by Crippen LogP contribution is 1.98. The van der Waals surface area contributed by atoms with Crippen LogP contribution in [0.5, 0.6) is 0 Å². The normalized spacial score (nSPS) is 12.6. The molecule has 1 heterocycles. The van der Waals surface area contributed by atoms with Crippen LogP contribution in [0.15, 0.2) is 12.3 Å². The molecule has 1 rings (SSSR count). The minimum Gasteiger partial charge on any atom is -0.392 e. The minimum atomic E-state index is -0.380. The van der Waals surface area contributed by atoms with Crippen LogP contribution in [0.1, 0.15) is 12.6 Å². The molecular formula is C8H13N3O. The predicted molar refractivity (Wildman–Crippen MR) is 46.9 cm³/mol. The van der Waals surface area contributed by atoms with Crippen LogP contribution in [0, 0.1) is 6.92 Å². The highest BCUT2D eigenvalue weighted by molar-refractivity contribution is 5.24. The summed E-state index contributed by atoms with van der Waals surface area (Å²) in [6, 6.07) is 1.83. The third kappa shape index (κ3) is 2.84. The van der Waals surface area contributed by atoms with Gasteiger partial charge in [0.2, 0.25) is 5.95 Å². The summed E-state index contributed by atoms with van der Waals surface area (Å²) in [5.74, 6) is 0.566. The molecule has 0 aliphatic carbocycles. The molecule has 1 atom stereocenters. The quantitative estimate of drug-likeness (QED) is 0.691. The number of nitrogens with one attached hydrogen (secondary N) is 1. The number of rotatable bonds is 3. The zero-order chi connectivity index (χ0) is 8.97. The number of hydrogen-bond acceptors (Lipinski definition) is 4. The van der Waals surface area contributed by atoms with Gasteiger partial charge >= 0.3 is 0 Å². The van der Waals surface area contributed by atoms with Gasteiger partial charge in [-0.15, -0.1) is 0 Å². The molecule has 0 aromatic carbocycles. The van der Waals surface area contributed by atoms with Crippen molar-refractivity contribution in [3.05, 3.63) is 18.0 Å². The lowest BCUT2D eigenvalue weighted by molar-refractivity contribution is 0.208. The number of aliphatic hydroxyl groups excluding tert-OH is 1. The highest BCUT2D eigenvalue weighted by Gasteiger charge is 1.97. The minimum absolute atomic E-state index is 0.380. The number of aromatic nitrogens is 2. The third-order valence-corrected chi connectivity index (χ3v) is 1.35. The standard InChI is InChI=1S/C8H13N3O/c1-6-3-4-9-8(11-6)10-5-7(2)12/h3-4,7,12H,5H2,1-2H3,(H,9,10,11)/t7-/m1/s1. The molecule has 0 saturated heterocycles. The molecule has 0 spiro atoms. The molecule has 0 radical (unpaired) electrons. The van der Waals surface area contributed by atoms with E-state index in [9.17, 15) is 0 Å². The Hall–Kier alpha value is -1.16. The van der Waals surface area contributed by atoms with Crippen molar-refractivity contribution in [1.82, 2.24) is 9.97 Å². The van der Waals surface area contributed by atoms with Gasteiger partial charge in [-0.2, -0.15) is 0 Å². The predicted octanol–water partition coefficient (Wildman–Crippen LogP) is 0.578. The Kier molecular flexibility index (Phi) is 2.99. The van der Waals surface area contributed by atoms with E-state index in [4.69, 9.17) is 5.11 Å². The molecular weight excluding hydrogens is 154 g/mol. The molecule has 0 aliphatic heterocycles. The Morgan fingerprint density at radius 2 is 2.42 bits per heavy atom. The molecule has 0 fully saturated rings. The van der Waals surface area contributed by atoms with E-state index in [1.54, 1.807) is 13.1 Å². The molecule has 4 nitrogen and oxygen atoms in total. The second-order valence-electron chi connectivity index (χ2n) is 2.75. The van der Waals surface area contributed by atoms with E-state index in [-0.39, 0.29) is 6.10 Å². The molecule has 0 bridgehead atoms. The van der Waals surface area contributed by atoms with Crippen LogP contribution >= 0.6 is 0 Å². The Bertz CT molecular complexity index is 250. The molecule has 4 heteroatoms. The van der Waals surface area contributed by atoms with Crippen LogP contribution in [-0.4, -0.2) is 27.7 Å². The van der Waals surface area contributed by atoms with Crippen molar-refractivity contribution in [2.75, 3.05) is 11.9 Å². The molecule has 1 aromatic heterocycles. The number of aliphatic hydroxyl groups is 1. The van der Waals surface area contributed by atoms with Crippen LogP contribution < -0.4 is 5.32 Å². The fourth-order valence-electron chi connectivity index (χ4n) is 0.773. The largest absolute Gasteiger partial charge is 0.392 e. The first-order chi connectivity index (χ1) is 5.68. The number of hydrogen-bond donors (Lipinski definition) is 2. The third-order valence-electron chi connectivity index (χ3n) is 1.35. The van der Waals surface area contributed by atoms with Crippen LogP contribution in [0.3, 0.4) is 0 Å². The summed E-state index contributed by atoms with van der Waals surface area (Å²) in [4.78, 5) is 8.09. The zero-order valence-corrected chi connectivity index (χ0v) is 7.28. The lowest BCUT2D eigenvalue weighted by Gasteiger charge is -2.06. The van der Waals surface area contributed by atoms with Crippen LogP contribution in [0.2, 0.25) is 0 Å². The summed E-state index contributed by atoms with van der Waals surface area (Å²) in [6.07, 6.45) is 1.31. The Morgan fingerprint density at radius 1 is 1.67 bits per heavy atom. The molecule has 0 amide bonds. The molecule has 0 unspecified atom stereocenters. The first-order valence-corrected chi connectivity index (χ1v) is 3.90. The van der Waals surface area contributed by atoms with Gasteiger partial charge in [-0.05, 0) is 19.9 Å². The van der Waals surface area contributed by atoms with Crippen molar-refractivity contribution < 1.29 is 5.11 Å². The Morgan fingerprint density at radius 3 is 3.00 bits per heavy atom. The monoisotopic (exact) mass is 167 g/mol. The van der Waals surface area contributed by atoms with E-state index >= 15 is 0 Å². The fraction of sp³-hybridized carbons (Fsp3) is 0.500. The van der Waals surface area contributed by atoms with Gasteiger partial charge in [0.15, 0.2) is 0 Å². The second kappa shape index (κ2) is 4.01. The zero-order valence-electron chi connectivity index (χ0n) is 7.28. The smallest absolute Gasteiger partial charge is 0.222 e. The second-order valence-corrected chi connectivity index (χ2v) is 2.75. The van der Waals surface area contributed by atoms with Crippen molar-refractivity contribution in [3.63, 3.8) is 0 Å². The van der Waals surface area contributed by atoms with Gasteiger partial charge in [0.05, 0.1) is 6.10 Å².